The summed E-state index contributed by atoms with van der Waals surface area (Å²) in [7, 11) is 0. The van der Waals surface area contributed by atoms with Crippen LogP contribution in [0.25, 0.3) is 11.1 Å². The zero-order valence-corrected chi connectivity index (χ0v) is 58.4. The number of nitrogens with two attached hydrogens (primary N) is 2. The lowest BCUT2D eigenvalue weighted by atomic mass is 9.96. The number of rotatable bonds is 39. The van der Waals surface area contributed by atoms with Gasteiger partial charge < -0.3 is 94.7 Å². The van der Waals surface area contributed by atoms with Crippen molar-refractivity contribution in [3.63, 3.8) is 0 Å². The molecule has 2 aromatic carbocycles. The normalized spacial score (nSPS) is 17.3. The van der Waals surface area contributed by atoms with Gasteiger partial charge in [0.05, 0.1) is 24.9 Å². The number of benzene rings is 2. The summed E-state index contributed by atoms with van der Waals surface area (Å²) in [6, 6.07) is 2.01. The molecule has 33 nitrogen and oxygen atoms in total. The topological polar surface area (TPSA) is 510 Å². The first-order valence-electron chi connectivity index (χ1n) is 33.6. The number of alkyl carbamates (subject to hydrolysis) is 1. The molecule has 2 unspecified atom stereocenters. The maximum absolute atomic E-state index is 14.6. The van der Waals surface area contributed by atoms with Crippen molar-refractivity contribution >= 4 is 101 Å². The molecule has 550 valence electrons. The lowest BCUT2D eigenvalue weighted by molar-refractivity contribution is -0.147. The zero-order valence-electron chi connectivity index (χ0n) is 57.6. The van der Waals surface area contributed by atoms with Crippen LogP contribution in [-0.2, 0) is 62.3 Å². The van der Waals surface area contributed by atoms with E-state index in [1.54, 1.807) is 27.7 Å². The van der Waals surface area contributed by atoms with E-state index in [1.807, 2.05) is 48.5 Å². The molecule has 2 fully saturated rings. The Labute approximate surface area is 585 Å². The summed E-state index contributed by atoms with van der Waals surface area (Å²) in [5.74, 6) is -12.5. The number of Topliss-reactive ketones (excluding diaryl/α,β-unsaturated/α-hetero) is 1. The van der Waals surface area contributed by atoms with Crippen molar-refractivity contribution in [1.82, 2.24) is 68.3 Å². The number of nitrogens with one attached hydrogen (secondary N) is 13. The maximum Gasteiger partial charge on any atom is 0.407 e. The number of ketones is 1. The average Bonchev–Trinajstić information content (AvgIpc) is 1.62. The third kappa shape index (κ3) is 24.4. The predicted molar refractivity (Wildman–Crippen MR) is 369 cm³/mol. The Hall–Kier alpha value is -9.60. The lowest BCUT2D eigenvalue weighted by Gasteiger charge is -2.33. The number of ether oxygens (including phenoxy) is 1. The fourth-order valence-electron chi connectivity index (χ4n) is 12.0. The van der Waals surface area contributed by atoms with Gasteiger partial charge >= 0.3 is 12.1 Å². The Morgan fingerprint density at radius 1 is 0.620 bits per heavy atom. The first-order valence-corrected chi connectivity index (χ1v) is 34.8. The van der Waals surface area contributed by atoms with Crippen molar-refractivity contribution < 1.29 is 77.3 Å². The van der Waals surface area contributed by atoms with Crippen molar-refractivity contribution in [1.29, 1.82) is 10.8 Å². The lowest BCUT2D eigenvalue weighted by Crippen LogP contribution is -2.62. The molecule has 34 heteroatoms. The summed E-state index contributed by atoms with van der Waals surface area (Å²) in [5.41, 5.74) is 15.0. The molecular formula is C66H99N17O16S. The molecule has 100 heavy (non-hydrogen) atoms. The van der Waals surface area contributed by atoms with Gasteiger partial charge in [0.1, 0.15) is 61.0 Å². The molecule has 0 bridgehead atoms. The fourth-order valence-corrected chi connectivity index (χ4v) is 12.9. The molecule has 0 saturated carbocycles. The maximum atomic E-state index is 14.6. The second-order valence-electron chi connectivity index (χ2n) is 25.5. The summed E-state index contributed by atoms with van der Waals surface area (Å²) in [4.78, 5) is 181. The molecule has 19 N–H and O–H groups in total. The molecular weight excluding hydrogens is 1320 g/mol. The first kappa shape index (κ1) is 81.1. The highest BCUT2D eigenvalue weighted by Gasteiger charge is 2.45. The molecule has 2 aliphatic heterocycles. The molecule has 0 spiro atoms. The Kier molecular flexibility index (Phi) is 32.3. The van der Waals surface area contributed by atoms with Gasteiger partial charge in [0, 0.05) is 44.8 Å². The van der Waals surface area contributed by atoms with Crippen molar-refractivity contribution in [2.24, 2.45) is 23.3 Å². The minimum absolute atomic E-state index is 0.00574. The highest BCUT2D eigenvalue weighted by molar-refractivity contribution is 7.99. The van der Waals surface area contributed by atoms with Gasteiger partial charge in [-0.25, -0.2) is 4.79 Å². The van der Waals surface area contributed by atoms with Gasteiger partial charge in [-0.3, -0.25) is 68.4 Å². The number of carboxylic acid groups (broad SMARTS) is 1. The van der Waals surface area contributed by atoms with E-state index in [-0.39, 0.29) is 120 Å². The first-order chi connectivity index (χ1) is 47.5. The smallest absolute Gasteiger partial charge is 0.407 e. The average molecular weight is 1420 g/mol. The number of carbonyl (C=O) groups excluding carboxylic acids is 12. The number of amides is 11. The second-order valence-corrected chi connectivity index (χ2v) is 26.6. The summed E-state index contributed by atoms with van der Waals surface area (Å²) in [5, 5.41) is 63.1. The number of thioether (sulfide) groups is 1. The minimum Gasteiger partial charge on any atom is -0.481 e. The molecule has 0 radical (unpaired) electrons. The molecule has 2 heterocycles. The number of carbonyl (C=O) groups is 13. The quantitative estimate of drug-likeness (QED) is 0.0162. The van der Waals surface area contributed by atoms with E-state index in [1.165, 1.54) is 30.6 Å². The van der Waals surface area contributed by atoms with Crippen LogP contribution in [0.15, 0.2) is 48.5 Å². The predicted octanol–water partition coefficient (Wildman–Crippen LogP) is -1.21. The van der Waals surface area contributed by atoms with Crippen LogP contribution in [0.5, 0.6) is 0 Å². The Bertz CT molecular complexity index is 3240. The third-order valence-electron chi connectivity index (χ3n) is 17.4. The van der Waals surface area contributed by atoms with E-state index in [0.717, 1.165) is 34.0 Å². The van der Waals surface area contributed by atoms with E-state index < -0.39 is 156 Å². The van der Waals surface area contributed by atoms with E-state index >= 15 is 0 Å². The Morgan fingerprint density at radius 2 is 1.13 bits per heavy atom. The number of guanidine groups is 2. The Morgan fingerprint density at radius 3 is 1.69 bits per heavy atom. The van der Waals surface area contributed by atoms with Crippen LogP contribution in [0.2, 0.25) is 0 Å². The molecule has 11 amide bonds. The van der Waals surface area contributed by atoms with Crippen LogP contribution in [0.1, 0.15) is 136 Å². The standard InChI is InChI=1S/C66H99N17O16S/c1-8-36(4)54(61(95)80-50(33-100-34-73-39(7)86)59(93)78-48(30-53(87)88)56(90)79-49(31-84)58(92)75-45(38(6)85)21-13-25-71-64(67)68)81-57(91)47(29-35(2)3)77-55(89)46(22-14-26-72-65(69)70)76-60(94)51-23-15-27-82(51)63(97)52-24-16-28-83(52)62(96)37(5)74-66(98)99-32-44-42-19-11-9-17-40(42)41-18-10-12-20-43(41)44/h9-12,17-20,35-37,44-52,54,84H,8,13-16,21-34H2,1-7H3,(H,73,86)(H,74,98)(H,75,92)(H,76,94)(H,77,89)(H,78,93)(H,79,90)(H,80,95)(H,81,91)(H,87,88)(H4,67,68,71)(H4,69,70,72)/t36?,37-,45+,46+,47+,48+,49+,50+,51+,52?,54+/m1/s1. The SMILES string of the molecule is CCC(C)[C@H](NC(=O)[C@H](CC(C)C)NC(=O)[C@H](CCCNC(=N)N)NC(=O)[C@@H]1CCCN1C(=O)C1CCCN1C(=O)[C@@H](C)NC(=O)OCC1c2ccccc2-c2ccccc21)C(=O)N[C@@H](CSCNC(C)=O)C(=O)N[C@@H](CC(=O)O)C(=O)N[C@@H](CO)C(=O)N[C@@H](CCCNC(=N)N)C(C)=O. The summed E-state index contributed by atoms with van der Waals surface area (Å²) < 4.78 is 5.70. The number of aliphatic hydroxyl groups excluding tert-OH is 1. The van der Waals surface area contributed by atoms with Crippen LogP contribution < -0.4 is 70.0 Å². The monoisotopic (exact) mass is 1420 g/mol. The molecule has 2 aromatic rings. The van der Waals surface area contributed by atoms with Gasteiger partial charge in [0.25, 0.3) is 0 Å². The van der Waals surface area contributed by atoms with Crippen molar-refractivity contribution in [2.75, 3.05) is 51.0 Å². The third-order valence-corrected chi connectivity index (χ3v) is 18.3. The van der Waals surface area contributed by atoms with Gasteiger partial charge in [0.2, 0.25) is 59.1 Å². The number of likely N-dealkylation sites (tertiary alicyclic amines) is 2. The molecule has 2 saturated heterocycles. The number of nitrogens with zero attached hydrogens (tertiary/aromatic N) is 2. The minimum atomic E-state index is -1.94. The highest BCUT2D eigenvalue weighted by Crippen LogP contribution is 2.44. The molecule has 1 aliphatic carbocycles. The highest BCUT2D eigenvalue weighted by atomic mass is 32.2. The molecule has 5 rings (SSSR count). The molecule has 11 atom stereocenters. The summed E-state index contributed by atoms with van der Waals surface area (Å²) >= 11 is 0.945. The van der Waals surface area contributed by atoms with Crippen LogP contribution in [0, 0.1) is 22.7 Å². The van der Waals surface area contributed by atoms with E-state index in [9.17, 15) is 72.5 Å². The molecule has 3 aliphatic rings. The van der Waals surface area contributed by atoms with Gasteiger partial charge in [-0.15, -0.1) is 11.8 Å². The number of hydrogen-bond donors (Lipinski definition) is 17. The van der Waals surface area contributed by atoms with E-state index in [0.29, 0.717) is 12.8 Å². The number of fused-ring (bicyclic) bond motifs is 3. The van der Waals surface area contributed by atoms with Crippen molar-refractivity contribution in [3.05, 3.63) is 59.7 Å². The molecule has 0 aromatic heterocycles. The van der Waals surface area contributed by atoms with Crippen LogP contribution in [0.3, 0.4) is 0 Å². The Balaban J connectivity index is 1.28. The number of aliphatic carboxylic acids is 1. The van der Waals surface area contributed by atoms with Gasteiger partial charge in [-0.05, 0) is 106 Å². The number of carboxylic acids is 1. The number of hydrogen-bond acceptors (Lipinski definition) is 18. The number of aliphatic hydroxyl groups is 1. The van der Waals surface area contributed by atoms with Gasteiger partial charge in [-0.1, -0.05) is 82.6 Å². The van der Waals surface area contributed by atoms with E-state index in [4.69, 9.17) is 27.0 Å². The largest absolute Gasteiger partial charge is 0.481 e. The van der Waals surface area contributed by atoms with Crippen molar-refractivity contribution in [2.45, 2.75) is 185 Å². The summed E-state index contributed by atoms with van der Waals surface area (Å²) in [6.07, 6.45) is 0.145. The van der Waals surface area contributed by atoms with Crippen molar-refractivity contribution in [3.8, 4) is 11.1 Å². The van der Waals surface area contributed by atoms with Crippen LogP contribution in [0.4, 0.5) is 4.79 Å². The fraction of sp³-hybridized carbons (Fsp3) is 0.591. The zero-order chi connectivity index (χ0) is 73.9. The van der Waals surface area contributed by atoms with Crippen LogP contribution >= 0.6 is 11.8 Å². The van der Waals surface area contributed by atoms with Gasteiger partial charge in [0.15, 0.2) is 17.7 Å². The van der Waals surface area contributed by atoms with Gasteiger partial charge in [-0.2, -0.15) is 0 Å². The van der Waals surface area contributed by atoms with E-state index in [2.05, 4.69) is 58.5 Å². The van der Waals surface area contributed by atoms with Crippen LogP contribution in [-0.4, -0.2) is 220 Å². The summed E-state index contributed by atoms with van der Waals surface area (Å²) in [6.45, 7) is 10.4. The second kappa shape index (κ2) is 39.9.